The third-order valence-corrected chi connectivity index (χ3v) is 5.72. The van der Waals surface area contributed by atoms with Crippen LogP contribution >= 0.6 is 0 Å². The highest BCUT2D eigenvalue weighted by molar-refractivity contribution is 5.75. The van der Waals surface area contributed by atoms with E-state index in [0.717, 1.165) is 6.29 Å². The molecule has 2 aromatic heterocycles. The molecule has 0 bridgehead atoms. The van der Waals surface area contributed by atoms with Crippen LogP contribution in [0.5, 0.6) is 0 Å². The zero-order valence-electron chi connectivity index (χ0n) is 20.7. The van der Waals surface area contributed by atoms with Crippen LogP contribution in [-0.2, 0) is 35.0 Å². The first-order valence-electron chi connectivity index (χ1n) is 11.4. The van der Waals surface area contributed by atoms with E-state index in [1.54, 1.807) is 14.2 Å². The minimum Gasteiger partial charge on any atom is -0.462 e. The Bertz CT molecular complexity index is 962. The van der Waals surface area contributed by atoms with Crippen molar-refractivity contribution in [1.29, 1.82) is 0 Å². The van der Waals surface area contributed by atoms with Gasteiger partial charge in [0.1, 0.15) is 36.7 Å². The number of carbonyl (C=O) groups excluding carboxylic acids is 2. The van der Waals surface area contributed by atoms with Gasteiger partial charge in [-0.1, -0.05) is 0 Å². The second kappa shape index (κ2) is 10.8. The van der Waals surface area contributed by atoms with Crippen LogP contribution < -0.4 is 0 Å². The topological polar surface area (TPSA) is 123 Å². The summed E-state index contributed by atoms with van der Waals surface area (Å²) in [4.78, 5) is 31.8. The second-order valence-electron chi connectivity index (χ2n) is 9.66. The van der Waals surface area contributed by atoms with Gasteiger partial charge in [-0.25, -0.2) is 9.97 Å². The maximum absolute atomic E-state index is 12.5. The molecule has 1 aliphatic heterocycles. The molecule has 1 aliphatic rings. The summed E-state index contributed by atoms with van der Waals surface area (Å²) in [5.41, 5.74) is 0.418. The lowest BCUT2D eigenvalue weighted by Crippen LogP contribution is -2.47. The number of nitrogens with zero attached hydrogens (tertiary/aromatic N) is 2. The van der Waals surface area contributed by atoms with Gasteiger partial charge in [0.05, 0.1) is 11.5 Å². The summed E-state index contributed by atoms with van der Waals surface area (Å²) < 4.78 is 34.2. The molecular weight excluding hydrogens is 444 g/mol. The van der Waals surface area contributed by atoms with Crippen LogP contribution in [0, 0.1) is 5.41 Å². The highest BCUT2D eigenvalue weighted by Crippen LogP contribution is 2.37. The number of oxazole rings is 2. The van der Waals surface area contributed by atoms with Crippen LogP contribution in [0.2, 0.25) is 0 Å². The highest BCUT2D eigenvalue weighted by atomic mass is 16.7. The smallest absolute Gasteiger partial charge is 0.311 e. The molecule has 34 heavy (non-hydrogen) atoms. The largest absolute Gasteiger partial charge is 0.462 e. The number of methoxy groups -OCH3 is 2. The van der Waals surface area contributed by atoms with Crippen molar-refractivity contribution in [2.45, 2.75) is 83.9 Å². The number of rotatable bonds is 10. The molecule has 10 heteroatoms. The Hall–Kier alpha value is -2.56. The van der Waals surface area contributed by atoms with Crippen molar-refractivity contribution in [2.24, 2.45) is 5.41 Å². The van der Waals surface area contributed by atoms with E-state index in [4.69, 9.17) is 27.8 Å². The number of hydrogen-bond acceptors (Lipinski definition) is 10. The standard InChI is InChI=1S/C24H34N2O8/c1-23(2,3)22(28)33-16-10-15(34-24(4,12-16)30-6)11-19(29-5)17-13-32-21(26-17)18-14-31-20(25-18)8-7-9-27/h9,13-16,19H,7-8,10-12H2,1-6H3/t15-,16-,19-,24-/m1/s1. The van der Waals surface area contributed by atoms with Crippen LogP contribution in [0.1, 0.15) is 71.1 Å². The summed E-state index contributed by atoms with van der Waals surface area (Å²) in [6.07, 6.45) is 4.83. The van der Waals surface area contributed by atoms with Gasteiger partial charge in [-0.3, -0.25) is 4.79 Å². The predicted molar refractivity (Wildman–Crippen MR) is 120 cm³/mol. The normalized spacial score (nSPS) is 24.1. The molecule has 0 amide bonds. The first kappa shape index (κ1) is 26.1. The van der Waals surface area contributed by atoms with Crippen molar-refractivity contribution in [3.8, 4) is 11.6 Å². The first-order valence-corrected chi connectivity index (χ1v) is 11.4. The minimum atomic E-state index is -0.891. The molecule has 0 saturated carbocycles. The molecule has 0 unspecified atom stereocenters. The van der Waals surface area contributed by atoms with E-state index in [-0.39, 0.29) is 18.2 Å². The summed E-state index contributed by atoms with van der Waals surface area (Å²) in [6, 6.07) is 0. The van der Waals surface area contributed by atoms with Crippen molar-refractivity contribution < 1.29 is 37.4 Å². The van der Waals surface area contributed by atoms with Gasteiger partial charge in [0, 0.05) is 46.3 Å². The fourth-order valence-electron chi connectivity index (χ4n) is 3.77. The lowest BCUT2D eigenvalue weighted by Gasteiger charge is -2.42. The Kier molecular flexibility index (Phi) is 8.27. The molecule has 3 heterocycles. The molecule has 0 aliphatic carbocycles. The van der Waals surface area contributed by atoms with E-state index in [2.05, 4.69) is 9.97 Å². The van der Waals surface area contributed by atoms with E-state index < -0.39 is 17.3 Å². The molecule has 0 radical (unpaired) electrons. The third kappa shape index (κ3) is 6.52. The van der Waals surface area contributed by atoms with Gasteiger partial charge in [0.25, 0.3) is 0 Å². The van der Waals surface area contributed by atoms with Gasteiger partial charge in [-0.15, -0.1) is 0 Å². The van der Waals surface area contributed by atoms with Crippen LogP contribution in [0.4, 0.5) is 0 Å². The van der Waals surface area contributed by atoms with E-state index in [1.165, 1.54) is 12.5 Å². The number of aryl methyl sites for hydroxylation is 1. The lowest BCUT2D eigenvalue weighted by atomic mass is 9.93. The molecule has 1 fully saturated rings. The van der Waals surface area contributed by atoms with E-state index >= 15 is 0 Å². The van der Waals surface area contributed by atoms with Crippen molar-refractivity contribution >= 4 is 12.3 Å². The Morgan fingerprint density at radius 2 is 2.03 bits per heavy atom. The number of esters is 1. The monoisotopic (exact) mass is 478 g/mol. The molecule has 2 aromatic rings. The van der Waals surface area contributed by atoms with Crippen molar-refractivity contribution in [2.75, 3.05) is 14.2 Å². The molecule has 0 spiro atoms. The molecule has 188 valence electrons. The van der Waals surface area contributed by atoms with Gasteiger partial charge in [0.15, 0.2) is 17.4 Å². The van der Waals surface area contributed by atoms with Gasteiger partial charge in [0.2, 0.25) is 5.89 Å². The van der Waals surface area contributed by atoms with Crippen molar-refractivity contribution in [3.63, 3.8) is 0 Å². The zero-order valence-corrected chi connectivity index (χ0v) is 20.7. The van der Waals surface area contributed by atoms with Crippen LogP contribution in [-0.4, -0.2) is 54.4 Å². The van der Waals surface area contributed by atoms with Crippen molar-refractivity contribution in [3.05, 3.63) is 24.1 Å². The SMILES string of the molecule is CO[C@H](C[C@H]1C[C@@H](OC(=O)C(C)(C)C)C[C@](C)(OC)O1)c1coc(-c2coc(CCC=O)n2)n1. The fourth-order valence-corrected chi connectivity index (χ4v) is 3.77. The zero-order chi connectivity index (χ0) is 24.9. The second-order valence-corrected chi connectivity index (χ2v) is 9.66. The summed E-state index contributed by atoms with van der Waals surface area (Å²) in [5, 5.41) is 0. The van der Waals surface area contributed by atoms with Gasteiger partial charge in [-0.2, -0.15) is 0 Å². The molecule has 10 nitrogen and oxygen atoms in total. The Labute approximate surface area is 199 Å². The molecule has 0 aromatic carbocycles. The number of ether oxygens (including phenoxy) is 4. The molecule has 3 rings (SSSR count). The Balaban J connectivity index is 1.70. The summed E-state index contributed by atoms with van der Waals surface area (Å²) in [6.45, 7) is 7.31. The van der Waals surface area contributed by atoms with Crippen LogP contribution in [0.3, 0.4) is 0 Å². The quantitative estimate of drug-likeness (QED) is 0.365. The number of hydrogen-bond donors (Lipinski definition) is 0. The van der Waals surface area contributed by atoms with Crippen LogP contribution in [0.15, 0.2) is 21.4 Å². The third-order valence-electron chi connectivity index (χ3n) is 5.72. The van der Waals surface area contributed by atoms with Gasteiger partial charge >= 0.3 is 5.97 Å². The van der Waals surface area contributed by atoms with Gasteiger partial charge in [-0.05, 0) is 27.7 Å². The van der Waals surface area contributed by atoms with E-state index in [0.29, 0.717) is 55.3 Å². The molecule has 4 atom stereocenters. The number of aromatic nitrogens is 2. The van der Waals surface area contributed by atoms with Gasteiger partial charge < -0.3 is 32.6 Å². The summed E-state index contributed by atoms with van der Waals surface area (Å²) in [5.74, 6) is -0.421. The average Bonchev–Trinajstić information content (AvgIpc) is 3.45. The van der Waals surface area contributed by atoms with Crippen LogP contribution in [0.25, 0.3) is 11.6 Å². The predicted octanol–water partition coefficient (Wildman–Crippen LogP) is 4.04. The summed E-state index contributed by atoms with van der Waals surface area (Å²) >= 11 is 0. The number of aldehydes is 1. The number of carbonyl (C=O) groups is 2. The maximum atomic E-state index is 12.5. The highest BCUT2D eigenvalue weighted by Gasteiger charge is 2.42. The lowest BCUT2D eigenvalue weighted by molar-refractivity contribution is -0.281. The first-order chi connectivity index (χ1) is 16.1. The fraction of sp³-hybridized carbons (Fsp3) is 0.667. The summed E-state index contributed by atoms with van der Waals surface area (Å²) in [7, 11) is 3.16. The molecule has 0 N–H and O–H groups in total. The average molecular weight is 479 g/mol. The minimum absolute atomic E-state index is 0.263. The Morgan fingerprint density at radius 3 is 2.68 bits per heavy atom. The molecule has 1 saturated heterocycles. The maximum Gasteiger partial charge on any atom is 0.311 e. The van der Waals surface area contributed by atoms with E-state index in [9.17, 15) is 9.59 Å². The van der Waals surface area contributed by atoms with Crippen molar-refractivity contribution in [1.82, 2.24) is 9.97 Å². The molecular formula is C24H34N2O8. The van der Waals surface area contributed by atoms with E-state index in [1.807, 2.05) is 27.7 Å². The Morgan fingerprint density at radius 1 is 1.26 bits per heavy atom.